The summed E-state index contributed by atoms with van der Waals surface area (Å²) in [4.78, 5) is 44.8. The first-order chi connectivity index (χ1) is 19.5. The van der Waals surface area contributed by atoms with Crippen LogP contribution in [0.25, 0.3) is 0 Å². The second kappa shape index (κ2) is 9.92. The zero-order chi connectivity index (χ0) is 29.3. The molecule has 41 heavy (non-hydrogen) atoms. The zero-order valence-corrected chi connectivity index (χ0v) is 24.8. The number of hydrogen-bond acceptors (Lipinski definition) is 6. The van der Waals surface area contributed by atoms with Gasteiger partial charge in [-0.05, 0) is 48.8 Å². The van der Waals surface area contributed by atoms with Crippen molar-refractivity contribution in [2.45, 2.75) is 62.7 Å². The fraction of sp³-hybridized carbons (Fsp3) is 0.500. The number of aliphatic hydroxyl groups is 1. The fourth-order valence-corrected chi connectivity index (χ4v) is 9.96. The molecule has 1 spiro atoms. The standard InChI is InChI=1S/C30H36FN3O6Si/c1-18-27(41(3,4)31)25(15-26(36)34-16-20-8-6-5-7-19(20)13-22(34)17-35)40-30(18)23-14-21(33-11-12-39-29(33)38)9-10-24(23)32(2)28(30)37/h5-10,14,18,22,25,27,35H,11-13,15-17H2,1-4H3/t18-,22-,25+,27-,30+/m0/s1. The lowest BCUT2D eigenvalue weighted by Gasteiger charge is -2.37. The van der Waals surface area contributed by atoms with E-state index in [0.29, 0.717) is 36.4 Å². The van der Waals surface area contributed by atoms with Gasteiger partial charge in [0.05, 0.1) is 37.4 Å². The molecule has 9 nitrogen and oxygen atoms in total. The highest BCUT2D eigenvalue weighted by Gasteiger charge is 2.66. The van der Waals surface area contributed by atoms with Crippen LogP contribution in [-0.4, -0.2) is 75.3 Å². The molecular weight excluding hydrogens is 545 g/mol. The molecule has 2 saturated heterocycles. The second-order valence-corrected chi connectivity index (χ2v) is 15.9. The lowest BCUT2D eigenvalue weighted by Crippen LogP contribution is -2.48. The third-order valence-corrected chi connectivity index (χ3v) is 11.9. The van der Waals surface area contributed by atoms with Crippen molar-refractivity contribution >= 4 is 37.7 Å². The SMILES string of the molecule is C[C@H]1[C@H]([Si](C)(C)F)[C@@H](CC(=O)N2Cc3ccccc3C[C@H]2CO)O[C@]12C(=O)N(C)c1ccc(N3CCOC3=O)cc12. The lowest BCUT2D eigenvalue weighted by molar-refractivity contribution is -0.150. The van der Waals surface area contributed by atoms with Crippen LogP contribution >= 0.6 is 0 Å². The summed E-state index contributed by atoms with van der Waals surface area (Å²) in [7, 11) is -1.80. The van der Waals surface area contributed by atoms with Crippen LogP contribution in [0.15, 0.2) is 42.5 Å². The maximum atomic E-state index is 16.1. The van der Waals surface area contributed by atoms with Crippen LogP contribution in [0.5, 0.6) is 0 Å². The number of hydrogen-bond donors (Lipinski definition) is 1. The van der Waals surface area contributed by atoms with E-state index in [-0.39, 0.29) is 37.5 Å². The van der Waals surface area contributed by atoms with Crippen LogP contribution in [0.1, 0.15) is 30.0 Å². The highest BCUT2D eigenvalue weighted by molar-refractivity contribution is 6.72. The molecule has 4 aliphatic rings. The Morgan fingerprint density at radius 1 is 1.17 bits per heavy atom. The smallest absolute Gasteiger partial charge is 0.414 e. The Bertz CT molecular complexity index is 1410. The molecule has 0 aliphatic carbocycles. The van der Waals surface area contributed by atoms with E-state index in [2.05, 4.69) is 0 Å². The minimum Gasteiger partial charge on any atom is -0.447 e. The van der Waals surface area contributed by atoms with Gasteiger partial charge in [0.15, 0.2) is 5.60 Å². The average molecular weight is 582 g/mol. The Balaban J connectivity index is 1.36. The summed E-state index contributed by atoms with van der Waals surface area (Å²) in [6.07, 6.45) is -0.850. The summed E-state index contributed by atoms with van der Waals surface area (Å²) in [5.41, 5.74) is 1.79. The van der Waals surface area contributed by atoms with E-state index in [1.165, 1.54) is 9.80 Å². The van der Waals surface area contributed by atoms with Crippen LogP contribution in [0, 0.1) is 5.92 Å². The Morgan fingerprint density at radius 3 is 2.56 bits per heavy atom. The molecule has 6 rings (SSSR count). The monoisotopic (exact) mass is 581 g/mol. The van der Waals surface area contributed by atoms with E-state index >= 15 is 4.11 Å². The van der Waals surface area contributed by atoms with Crippen molar-refractivity contribution in [3.8, 4) is 0 Å². The van der Waals surface area contributed by atoms with Crippen LogP contribution in [-0.2, 0) is 37.6 Å². The number of likely N-dealkylation sites (N-methyl/N-ethyl adjacent to an activating group) is 1. The van der Waals surface area contributed by atoms with Gasteiger partial charge in [0.25, 0.3) is 5.91 Å². The molecule has 218 valence electrons. The van der Waals surface area contributed by atoms with Gasteiger partial charge >= 0.3 is 6.09 Å². The number of carbonyl (C=O) groups excluding carboxylic acids is 3. The van der Waals surface area contributed by atoms with Gasteiger partial charge in [-0.25, -0.2) is 4.79 Å². The van der Waals surface area contributed by atoms with Crippen LogP contribution in [0.2, 0.25) is 18.6 Å². The molecule has 4 heterocycles. The van der Waals surface area contributed by atoms with E-state index in [1.54, 1.807) is 43.2 Å². The minimum absolute atomic E-state index is 0.0970. The summed E-state index contributed by atoms with van der Waals surface area (Å²) < 4.78 is 27.9. The number of rotatable bonds is 5. The van der Waals surface area contributed by atoms with E-state index in [9.17, 15) is 19.5 Å². The number of benzene rings is 2. The molecule has 0 radical (unpaired) electrons. The van der Waals surface area contributed by atoms with Crippen molar-refractivity contribution in [2.75, 3.05) is 36.6 Å². The van der Waals surface area contributed by atoms with Crippen molar-refractivity contribution < 1.29 is 33.1 Å². The zero-order valence-electron chi connectivity index (χ0n) is 23.8. The number of cyclic esters (lactones) is 1. The first kappa shape index (κ1) is 27.9. The number of anilines is 2. The number of amides is 3. The van der Waals surface area contributed by atoms with Gasteiger partial charge in [-0.1, -0.05) is 31.2 Å². The number of carbonyl (C=O) groups is 3. The summed E-state index contributed by atoms with van der Waals surface area (Å²) in [5, 5.41) is 10.1. The molecule has 0 saturated carbocycles. The maximum Gasteiger partial charge on any atom is 0.414 e. The predicted octanol–water partition coefficient (Wildman–Crippen LogP) is 3.73. The van der Waals surface area contributed by atoms with Crippen LogP contribution in [0.4, 0.5) is 20.3 Å². The molecule has 2 aromatic rings. The fourth-order valence-electron chi connectivity index (χ4n) is 7.47. The Morgan fingerprint density at radius 2 is 1.90 bits per heavy atom. The van der Waals surface area contributed by atoms with Crippen LogP contribution in [0.3, 0.4) is 0 Å². The van der Waals surface area contributed by atoms with Gasteiger partial charge in [-0.3, -0.25) is 14.5 Å². The summed E-state index contributed by atoms with van der Waals surface area (Å²) >= 11 is 0. The molecular formula is C30H36FN3O6Si. The van der Waals surface area contributed by atoms with Crippen molar-refractivity contribution in [3.05, 3.63) is 59.2 Å². The molecule has 4 aliphatic heterocycles. The largest absolute Gasteiger partial charge is 0.447 e. The van der Waals surface area contributed by atoms with Gasteiger partial charge in [-0.15, -0.1) is 0 Å². The first-order valence-corrected chi connectivity index (χ1v) is 17.1. The number of fused-ring (bicyclic) bond motifs is 3. The van der Waals surface area contributed by atoms with Gasteiger partial charge in [-0.2, -0.15) is 0 Å². The summed E-state index contributed by atoms with van der Waals surface area (Å²) in [6.45, 7) is 5.88. The van der Waals surface area contributed by atoms with Gasteiger partial charge in [0.2, 0.25) is 14.3 Å². The van der Waals surface area contributed by atoms with Gasteiger partial charge in [0.1, 0.15) is 6.61 Å². The number of aliphatic hydroxyl groups excluding tert-OH is 1. The van der Waals surface area contributed by atoms with E-state index in [0.717, 1.165) is 11.1 Å². The molecule has 0 unspecified atom stereocenters. The molecule has 5 atom stereocenters. The maximum absolute atomic E-state index is 16.1. The molecule has 0 aromatic heterocycles. The van der Waals surface area contributed by atoms with E-state index in [4.69, 9.17) is 9.47 Å². The summed E-state index contributed by atoms with van der Waals surface area (Å²) in [6, 6.07) is 12.8. The molecule has 11 heteroatoms. The van der Waals surface area contributed by atoms with E-state index in [1.807, 2.05) is 31.2 Å². The predicted molar refractivity (Wildman–Crippen MR) is 153 cm³/mol. The average Bonchev–Trinajstić information content (AvgIpc) is 3.57. The second-order valence-electron chi connectivity index (χ2n) is 12.1. The number of ether oxygens (including phenoxy) is 2. The van der Waals surface area contributed by atoms with Crippen molar-refractivity contribution in [1.82, 2.24) is 4.90 Å². The van der Waals surface area contributed by atoms with Gasteiger partial charge in [0, 0.05) is 36.3 Å². The summed E-state index contributed by atoms with van der Waals surface area (Å²) in [5.74, 6) is -1.09. The number of nitrogens with zero attached hydrogens (tertiary/aromatic N) is 3. The van der Waals surface area contributed by atoms with Gasteiger partial charge < -0.3 is 28.5 Å². The molecule has 3 amide bonds. The highest BCUT2D eigenvalue weighted by atomic mass is 28.4. The highest BCUT2D eigenvalue weighted by Crippen LogP contribution is 2.60. The molecule has 2 fully saturated rings. The topological polar surface area (TPSA) is 99.6 Å². The minimum atomic E-state index is -3.47. The van der Waals surface area contributed by atoms with Crippen LogP contribution < -0.4 is 9.80 Å². The quantitative estimate of drug-likeness (QED) is 0.427. The normalized spacial score (nSPS) is 29.3. The molecule has 1 N–H and O–H groups in total. The Hall–Kier alpha value is -3.28. The van der Waals surface area contributed by atoms with E-state index < -0.39 is 37.7 Å². The molecule has 2 aromatic carbocycles. The first-order valence-electron chi connectivity index (χ1n) is 14.2. The van der Waals surface area contributed by atoms with Crippen molar-refractivity contribution in [1.29, 1.82) is 0 Å². The third kappa shape index (κ3) is 4.28. The Labute approximate surface area is 240 Å². The lowest BCUT2D eigenvalue weighted by atomic mass is 9.82. The third-order valence-electron chi connectivity index (χ3n) is 9.41. The Kier molecular flexibility index (Phi) is 6.74. The molecule has 0 bridgehead atoms. The number of halogens is 1. The van der Waals surface area contributed by atoms with Crippen molar-refractivity contribution in [2.24, 2.45) is 5.92 Å². The van der Waals surface area contributed by atoms with Crippen molar-refractivity contribution in [3.63, 3.8) is 0 Å².